The molecule has 0 bridgehead atoms. The lowest BCUT2D eigenvalue weighted by atomic mass is 9.95. The quantitative estimate of drug-likeness (QED) is 0.774. The fraction of sp³-hybridized carbons (Fsp3) is 0.333. The van der Waals surface area contributed by atoms with E-state index in [1.807, 2.05) is 31.2 Å². The van der Waals surface area contributed by atoms with Crippen molar-refractivity contribution in [3.05, 3.63) is 42.1 Å². The van der Waals surface area contributed by atoms with Gasteiger partial charge in [0, 0.05) is 23.8 Å². The lowest BCUT2D eigenvalue weighted by molar-refractivity contribution is 0.00127. The number of ketones is 1. The normalized spacial score (nSPS) is 11.7. The van der Waals surface area contributed by atoms with Crippen LogP contribution in [-0.2, 0) is 4.74 Å². The summed E-state index contributed by atoms with van der Waals surface area (Å²) < 4.78 is 5.49. The highest BCUT2D eigenvalue weighted by molar-refractivity contribution is 6.04. The van der Waals surface area contributed by atoms with Gasteiger partial charge in [-0.25, -0.2) is 0 Å². The predicted octanol–water partition coefficient (Wildman–Crippen LogP) is 3.23. The van der Waals surface area contributed by atoms with Crippen LogP contribution in [0.5, 0.6) is 0 Å². The summed E-state index contributed by atoms with van der Waals surface area (Å²) in [4.78, 5) is 16.6. The summed E-state index contributed by atoms with van der Waals surface area (Å²) >= 11 is 0. The molecule has 0 aliphatic carbocycles. The molecule has 0 aliphatic rings. The number of pyridine rings is 1. The Morgan fingerprint density at radius 2 is 2.11 bits per heavy atom. The van der Waals surface area contributed by atoms with Gasteiger partial charge in [-0.2, -0.15) is 0 Å². The van der Waals surface area contributed by atoms with E-state index >= 15 is 0 Å². The van der Waals surface area contributed by atoms with E-state index in [4.69, 9.17) is 4.74 Å². The summed E-state index contributed by atoms with van der Waals surface area (Å²) in [6, 6.07) is 9.35. The van der Waals surface area contributed by atoms with Crippen LogP contribution in [0.4, 0.5) is 0 Å². The Balaban J connectivity index is 2.39. The van der Waals surface area contributed by atoms with Crippen LogP contribution in [0.15, 0.2) is 36.5 Å². The number of hydrogen-bond donors (Lipinski definition) is 0. The van der Waals surface area contributed by atoms with Crippen molar-refractivity contribution in [2.75, 3.05) is 6.61 Å². The highest BCUT2D eigenvalue weighted by Crippen LogP contribution is 2.20. The lowest BCUT2D eigenvalue weighted by Crippen LogP contribution is -2.35. The van der Waals surface area contributed by atoms with Crippen LogP contribution < -0.4 is 0 Å². The SMILES string of the molecule is CCOC(C)(C)C(=O)c1ccc2ncccc2c1. The zero-order valence-corrected chi connectivity index (χ0v) is 10.9. The van der Waals surface area contributed by atoms with Crippen molar-refractivity contribution in [3.63, 3.8) is 0 Å². The molecule has 0 saturated carbocycles. The average molecular weight is 243 g/mol. The number of rotatable bonds is 4. The molecule has 0 saturated heterocycles. The maximum atomic E-state index is 12.4. The summed E-state index contributed by atoms with van der Waals surface area (Å²) in [5.41, 5.74) is 0.766. The second kappa shape index (κ2) is 4.86. The third-order valence-corrected chi connectivity index (χ3v) is 2.92. The molecule has 0 N–H and O–H groups in total. The maximum absolute atomic E-state index is 12.4. The van der Waals surface area contributed by atoms with E-state index in [0.29, 0.717) is 12.2 Å². The van der Waals surface area contributed by atoms with Crippen molar-refractivity contribution < 1.29 is 9.53 Å². The van der Waals surface area contributed by atoms with Crippen LogP contribution in [0, 0.1) is 0 Å². The maximum Gasteiger partial charge on any atom is 0.194 e. The third kappa shape index (κ3) is 2.41. The molecule has 2 rings (SSSR count). The summed E-state index contributed by atoms with van der Waals surface area (Å²) in [7, 11) is 0. The van der Waals surface area contributed by atoms with Gasteiger partial charge >= 0.3 is 0 Å². The molecule has 0 amide bonds. The molecule has 0 fully saturated rings. The minimum absolute atomic E-state index is 0.00453. The van der Waals surface area contributed by atoms with Crippen LogP contribution >= 0.6 is 0 Å². The number of Topliss-reactive ketones (excluding diaryl/α,β-unsaturated/α-hetero) is 1. The number of ether oxygens (including phenoxy) is 1. The molecule has 0 radical (unpaired) electrons. The summed E-state index contributed by atoms with van der Waals surface area (Å²) in [6.45, 7) is 6.01. The molecule has 1 aromatic carbocycles. The standard InChI is InChI=1S/C15H17NO2/c1-4-18-15(2,3)14(17)12-7-8-13-11(10-12)6-5-9-16-13/h5-10H,4H2,1-3H3. The van der Waals surface area contributed by atoms with Gasteiger partial charge in [0.05, 0.1) is 5.52 Å². The average Bonchev–Trinajstić information content (AvgIpc) is 2.37. The monoisotopic (exact) mass is 243 g/mol. The molecule has 3 heteroatoms. The topological polar surface area (TPSA) is 39.2 Å². The van der Waals surface area contributed by atoms with Crippen molar-refractivity contribution in [3.8, 4) is 0 Å². The Morgan fingerprint density at radius 3 is 2.83 bits per heavy atom. The van der Waals surface area contributed by atoms with Crippen molar-refractivity contribution in [1.29, 1.82) is 0 Å². The highest BCUT2D eigenvalue weighted by Gasteiger charge is 2.28. The molecule has 3 nitrogen and oxygen atoms in total. The van der Waals surface area contributed by atoms with Crippen molar-refractivity contribution >= 4 is 16.7 Å². The molecule has 2 aromatic rings. The number of carbonyl (C=O) groups is 1. The highest BCUT2D eigenvalue weighted by atomic mass is 16.5. The Labute approximate surface area is 107 Å². The van der Waals surface area contributed by atoms with Gasteiger partial charge < -0.3 is 4.74 Å². The number of nitrogens with zero attached hydrogens (tertiary/aromatic N) is 1. The number of fused-ring (bicyclic) bond motifs is 1. The number of carbonyl (C=O) groups excluding carboxylic acids is 1. The molecular formula is C15H17NO2. The number of benzene rings is 1. The summed E-state index contributed by atoms with van der Waals surface area (Å²) in [5, 5.41) is 0.968. The molecule has 0 unspecified atom stereocenters. The minimum atomic E-state index is -0.787. The van der Waals surface area contributed by atoms with Gasteiger partial charge in [0.2, 0.25) is 0 Å². The smallest absolute Gasteiger partial charge is 0.194 e. The van der Waals surface area contributed by atoms with Crippen LogP contribution in [0.25, 0.3) is 10.9 Å². The van der Waals surface area contributed by atoms with Gasteiger partial charge in [-0.1, -0.05) is 6.07 Å². The number of hydrogen-bond acceptors (Lipinski definition) is 3. The lowest BCUT2D eigenvalue weighted by Gasteiger charge is -2.23. The molecule has 0 spiro atoms. The first-order chi connectivity index (χ1) is 8.54. The van der Waals surface area contributed by atoms with Crippen molar-refractivity contribution in [1.82, 2.24) is 4.98 Å². The Morgan fingerprint density at radius 1 is 1.33 bits per heavy atom. The van der Waals surface area contributed by atoms with E-state index < -0.39 is 5.60 Å². The van der Waals surface area contributed by atoms with E-state index in [1.165, 1.54) is 0 Å². The van der Waals surface area contributed by atoms with E-state index in [0.717, 1.165) is 10.9 Å². The van der Waals surface area contributed by atoms with Gasteiger partial charge in [-0.05, 0) is 45.0 Å². The Hall–Kier alpha value is -1.74. The minimum Gasteiger partial charge on any atom is -0.368 e. The van der Waals surface area contributed by atoms with Gasteiger partial charge in [-0.15, -0.1) is 0 Å². The largest absolute Gasteiger partial charge is 0.368 e. The van der Waals surface area contributed by atoms with Gasteiger partial charge in [0.25, 0.3) is 0 Å². The van der Waals surface area contributed by atoms with E-state index in [1.54, 1.807) is 26.1 Å². The zero-order chi connectivity index (χ0) is 13.2. The third-order valence-electron chi connectivity index (χ3n) is 2.92. The number of aromatic nitrogens is 1. The second-order valence-corrected chi connectivity index (χ2v) is 4.68. The van der Waals surface area contributed by atoms with E-state index in [-0.39, 0.29) is 5.78 Å². The van der Waals surface area contributed by atoms with Gasteiger partial charge in [0.15, 0.2) is 5.78 Å². The second-order valence-electron chi connectivity index (χ2n) is 4.68. The fourth-order valence-corrected chi connectivity index (χ4v) is 1.99. The Kier molecular flexibility index (Phi) is 3.43. The molecule has 0 atom stereocenters. The van der Waals surface area contributed by atoms with Crippen LogP contribution in [0.1, 0.15) is 31.1 Å². The molecule has 1 heterocycles. The van der Waals surface area contributed by atoms with E-state index in [2.05, 4.69) is 4.98 Å². The van der Waals surface area contributed by atoms with Gasteiger partial charge in [-0.3, -0.25) is 9.78 Å². The Bertz CT molecular complexity index is 575. The first-order valence-corrected chi connectivity index (χ1v) is 6.08. The first-order valence-electron chi connectivity index (χ1n) is 6.08. The molecule has 0 aliphatic heterocycles. The van der Waals surface area contributed by atoms with Crippen LogP contribution in [0.2, 0.25) is 0 Å². The van der Waals surface area contributed by atoms with Crippen LogP contribution in [-0.4, -0.2) is 23.0 Å². The van der Waals surface area contributed by atoms with Crippen LogP contribution in [0.3, 0.4) is 0 Å². The predicted molar refractivity (Wildman–Crippen MR) is 71.8 cm³/mol. The molecule has 1 aromatic heterocycles. The van der Waals surface area contributed by atoms with E-state index in [9.17, 15) is 4.79 Å². The molecule has 18 heavy (non-hydrogen) atoms. The van der Waals surface area contributed by atoms with Crippen molar-refractivity contribution in [2.24, 2.45) is 0 Å². The molecular weight excluding hydrogens is 226 g/mol. The molecule has 94 valence electrons. The summed E-state index contributed by atoms with van der Waals surface area (Å²) in [6.07, 6.45) is 1.74. The van der Waals surface area contributed by atoms with Crippen molar-refractivity contribution in [2.45, 2.75) is 26.4 Å². The fourth-order valence-electron chi connectivity index (χ4n) is 1.99. The first kappa shape index (κ1) is 12.7. The zero-order valence-electron chi connectivity index (χ0n) is 10.9. The summed E-state index contributed by atoms with van der Waals surface area (Å²) in [5.74, 6) is -0.00453. The van der Waals surface area contributed by atoms with Gasteiger partial charge in [0.1, 0.15) is 5.60 Å².